The average molecular weight is 463 g/mol. The van der Waals surface area contributed by atoms with Crippen LogP contribution in [0.25, 0.3) is 11.3 Å². The number of β-amino-alcohol motifs (C(OH)–C–C–N with tert-alkyl or cyclic N) is 1. The van der Waals surface area contributed by atoms with Gasteiger partial charge >= 0.3 is 0 Å². The van der Waals surface area contributed by atoms with Crippen molar-refractivity contribution in [3.05, 3.63) is 68.3 Å². The van der Waals surface area contributed by atoms with E-state index < -0.39 is 6.04 Å². The van der Waals surface area contributed by atoms with Crippen molar-refractivity contribution in [1.29, 1.82) is 0 Å². The second kappa shape index (κ2) is 7.24. The van der Waals surface area contributed by atoms with Gasteiger partial charge in [0.25, 0.3) is 5.91 Å². The number of aromatic nitrogens is 2. The summed E-state index contributed by atoms with van der Waals surface area (Å²) < 4.78 is 0.921. The van der Waals surface area contributed by atoms with Crippen molar-refractivity contribution in [3.63, 3.8) is 0 Å². The number of benzene rings is 2. The lowest BCUT2D eigenvalue weighted by molar-refractivity contribution is 0.0706. The molecule has 1 atom stereocenters. The van der Waals surface area contributed by atoms with Gasteiger partial charge in [0.2, 0.25) is 0 Å². The number of phenolic OH excluding ortho intramolecular Hbond substituents is 1. The molecule has 2 heterocycles. The summed E-state index contributed by atoms with van der Waals surface area (Å²) in [6, 6.07) is 10.4. The van der Waals surface area contributed by atoms with E-state index in [1.807, 2.05) is 24.3 Å². The van der Waals surface area contributed by atoms with Crippen LogP contribution in [0, 0.1) is 6.92 Å². The lowest BCUT2D eigenvalue weighted by Crippen LogP contribution is -2.32. The lowest BCUT2D eigenvalue weighted by atomic mass is 9.95. The fourth-order valence-corrected chi connectivity index (χ4v) is 4.02. The topological polar surface area (TPSA) is 89.5 Å². The van der Waals surface area contributed by atoms with E-state index >= 15 is 0 Å². The molecule has 1 aliphatic rings. The van der Waals surface area contributed by atoms with Gasteiger partial charge in [-0.3, -0.25) is 9.89 Å². The van der Waals surface area contributed by atoms with Gasteiger partial charge in [0.05, 0.1) is 12.6 Å². The molecule has 8 heteroatoms. The summed E-state index contributed by atoms with van der Waals surface area (Å²) in [4.78, 5) is 14.5. The van der Waals surface area contributed by atoms with Crippen molar-refractivity contribution < 1.29 is 15.0 Å². The molecule has 0 fully saturated rings. The molecule has 3 N–H and O–H groups in total. The van der Waals surface area contributed by atoms with Crippen molar-refractivity contribution in [1.82, 2.24) is 15.1 Å². The van der Waals surface area contributed by atoms with Gasteiger partial charge in [0.1, 0.15) is 17.1 Å². The first-order valence-corrected chi connectivity index (χ1v) is 9.84. The Bertz CT molecular complexity index is 1070. The average Bonchev–Trinajstić information content (AvgIpc) is 3.20. The molecule has 0 unspecified atom stereocenters. The summed E-state index contributed by atoms with van der Waals surface area (Å²) in [6.45, 7) is 1.83. The molecule has 0 spiro atoms. The quantitative estimate of drug-likeness (QED) is 0.546. The predicted octanol–water partition coefficient (Wildman–Crippen LogP) is 4.04. The summed E-state index contributed by atoms with van der Waals surface area (Å²) in [7, 11) is 0. The van der Waals surface area contributed by atoms with Crippen molar-refractivity contribution in [3.8, 4) is 17.0 Å². The Hall–Kier alpha value is -2.35. The molecule has 1 aliphatic heterocycles. The minimum absolute atomic E-state index is 0.0406. The van der Waals surface area contributed by atoms with Gasteiger partial charge in [-0.15, -0.1) is 0 Å². The van der Waals surface area contributed by atoms with Crippen LogP contribution < -0.4 is 0 Å². The van der Waals surface area contributed by atoms with Crippen LogP contribution in [0.15, 0.2) is 40.9 Å². The normalized spacial score (nSPS) is 15.9. The number of aliphatic hydroxyl groups excluding tert-OH is 1. The zero-order valence-corrected chi connectivity index (χ0v) is 17.3. The SMILES string of the molecule is Cc1cc(O)c(-c2n[nH]c3c2[C@H](c2ccc(Br)cc2)N(CCO)C3=O)cc1Cl. The van der Waals surface area contributed by atoms with E-state index in [1.165, 1.54) is 0 Å². The summed E-state index contributed by atoms with van der Waals surface area (Å²) in [5, 5.41) is 27.6. The van der Waals surface area contributed by atoms with Gasteiger partial charge in [0.15, 0.2) is 0 Å². The zero-order chi connectivity index (χ0) is 20.0. The van der Waals surface area contributed by atoms with E-state index in [-0.39, 0.29) is 24.8 Å². The van der Waals surface area contributed by atoms with Crippen LogP contribution in [0.2, 0.25) is 5.02 Å². The van der Waals surface area contributed by atoms with Crippen molar-refractivity contribution in [2.24, 2.45) is 0 Å². The number of nitrogens with one attached hydrogen (secondary N) is 1. The number of halogens is 2. The number of aliphatic hydroxyl groups is 1. The van der Waals surface area contributed by atoms with E-state index in [4.69, 9.17) is 11.6 Å². The third kappa shape index (κ3) is 2.99. The Balaban J connectivity index is 1.92. The number of aryl methyl sites for hydroxylation is 1. The zero-order valence-electron chi connectivity index (χ0n) is 14.9. The molecular weight excluding hydrogens is 446 g/mol. The van der Waals surface area contributed by atoms with Crippen LogP contribution in [0.4, 0.5) is 0 Å². The molecule has 4 rings (SSSR count). The Kier molecular flexibility index (Phi) is 4.91. The number of nitrogens with zero attached hydrogens (tertiary/aromatic N) is 2. The molecule has 0 saturated heterocycles. The maximum absolute atomic E-state index is 12.9. The molecule has 144 valence electrons. The highest BCUT2D eigenvalue weighted by Gasteiger charge is 2.42. The number of hydrogen-bond donors (Lipinski definition) is 3. The highest BCUT2D eigenvalue weighted by Crippen LogP contribution is 2.45. The molecule has 1 amide bonds. The number of rotatable bonds is 4. The molecular formula is C20H17BrClN3O3. The summed E-state index contributed by atoms with van der Waals surface area (Å²) in [5.74, 6) is -0.202. The number of aromatic amines is 1. The van der Waals surface area contributed by atoms with E-state index in [0.29, 0.717) is 27.5 Å². The second-order valence-electron chi connectivity index (χ2n) is 6.66. The van der Waals surface area contributed by atoms with Gasteiger partial charge < -0.3 is 15.1 Å². The Morgan fingerprint density at radius 3 is 2.68 bits per heavy atom. The molecule has 6 nitrogen and oxygen atoms in total. The first-order valence-electron chi connectivity index (χ1n) is 8.67. The Morgan fingerprint density at radius 2 is 2.00 bits per heavy atom. The van der Waals surface area contributed by atoms with Crippen LogP contribution in [-0.2, 0) is 0 Å². The maximum atomic E-state index is 12.9. The van der Waals surface area contributed by atoms with E-state index in [0.717, 1.165) is 15.6 Å². The number of H-pyrrole nitrogens is 1. The molecule has 0 radical (unpaired) electrons. The molecule has 0 saturated carbocycles. The van der Waals surface area contributed by atoms with E-state index in [1.54, 1.807) is 24.0 Å². The fourth-order valence-electron chi connectivity index (χ4n) is 3.59. The van der Waals surface area contributed by atoms with Crippen LogP contribution in [0.3, 0.4) is 0 Å². The summed E-state index contributed by atoms with van der Waals surface area (Å²) in [5.41, 5.74) is 3.56. The predicted molar refractivity (Wildman–Crippen MR) is 110 cm³/mol. The van der Waals surface area contributed by atoms with Crippen molar-refractivity contribution in [2.45, 2.75) is 13.0 Å². The summed E-state index contributed by atoms with van der Waals surface area (Å²) >= 11 is 9.69. The highest BCUT2D eigenvalue weighted by molar-refractivity contribution is 9.10. The van der Waals surface area contributed by atoms with Gasteiger partial charge in [0, 0.05) is 27.2 Å². The van der Waals surface area contributed by atoms with E-state index in [2.05, 4.69) is 26.1 Å². The van der Waals surface area contributed by atoms with E-state index in [9.17, 15) is 15.0 Å². The number of aromatic hydroxyl groups is 1. The highest BCUT2D eigenvalue weighted by atomic mass is 79.9. The van der Waals surface area contributed by atoms with Crippen LogP contribution >= 0.6 is 27.5 Å². The number of carbonyl (C=O) groups is 1. The van der Waals surface area contributed by atoms with Crippen molar-refractivity contribution in [2.75, 3.05) is 13.2 Å². The monoisotopic (exact) mass is 461 g/mol. The first kappa shape index (κ1) is 19.0. The lowest BCUT2D eigenvalue weighted by Gasteiger charge is -2.25. The molecule has 3 aromatic rings. The number of carbonyl (C=O) groups excluding carboxylic acids is 1. The molecule has 2 aromatic carbocycles. The number of amides is 1. The number of phenols is 1. The largest absolute Gasteiger partial charge is 0.507 e. The smallest absolute Gasteiger partial charge is 0.273 e. The maximum Gasteiger partial charge on any atom is 0.273 e. The van der Waals surface area contributed by atoms with Crippen LogP contribution in [0.1, 0.15) is 33.2 Å². The molecule has 0 bridgehead atoms. The third-order valence-corrected chi connectivity index (χ3v) is 5.86. The standard InChI is InChI=1S/C20H17BrClN3O3/c1-10-8-15(27)13(9-14(10)22)17-16-18(24-23-17)20(28)25(6-7-26)19(16)11-2-4-12(21)5-3-11/h2-5,8-9,19,26-27H,6-7H2,1H3,(H,23,24)/t19-/m0/s1. The minimum Gasteiger partial charge on any atom is -0.507 e. The first-order chi connectivity index (χ1) is 13.4. The number of hydrogen-bond acceptors (Lipinski definition) is 4. The minimum atomic E-state index is -0.434. The summed E-state index contributed by atoms with van der Waals surface area (Å²) in [6.07, 6.45) is 0. The van der Waals surface area contributed by atoms with Gasteiger partial charge in [-0.25, -0.2) is 0 Å². The van der Waals surface area contributed by atoms with Gasteiger partial charge in [-0.05, 0) is 42.3 Å². The second-order valence-corrected chi connectivity index (χ2v) is 7.98. The molecule has 0 aliphatic carbocycles. The Labute approximate surface area is 174 Å². The van der Waals surface area contributed by atoms with Crippen LogP contribution in [0.5, 0.6) is 5.75 Å². The fraction of sp³-hybridized carbons (Fsp3) is 0.200. The number of fused-ring (bicyclic) bond motifs is 1. The van der Waals surface area contributed by atoms with Crippen LogP contribution in [-0.4, -0.2) is 44.4 Å². The van der Waals surface area contributed by atoms with Crippen molar-refractivity contribution >= 4 is 33.4 Å². The van der Waals surface area contributed by atoms with Gasteiger partial charge in [-0.2, -0.15) is 5.10 Å². The Morgan fingerprint density at radius 1 is 1.29 bits per heavy atom. The third-order valence-electron chi connectivity index (χ3n) is 4.92. The molecule has 1 aromatic heterocycles. The molecule has 28 heavy (non-hydrogen) atoms. The van der Waals surface area contributed by atoms with Gasteiger partial charge in [-0.1, -0.05) is 39.7 Å².